The summed E-state index contributed by atoms with van der Waals surface area (Å²) in [4.78, 5) is 24.7. The number of morpholine rings is 1. The number of carbonyl (C=O) groups excluding carboxylic acids is 2. The van der Waals surface area contributed by atoms with Crippen LogP contribution in [0.4, 0.5) is 15.8 Å². The second-order valence-electron chi connectivity index (χ2n) is 7.17. The van der Waals surface area contributed by atoms with Crippen molar-refractivity contribution in [3.8, 4) is 0 Å². The molecule has 2 amide bonds. The fourth-order valence-corrected chi connectivity index (χ4v) is 3.29. The third kappa shape index (κ3) is 7.17. The molecule has 1 saturated heterocycles. The minimum Gasteiger partial charge on any atom is -0.372 e. The first kappa shape index (κ1) is 21.2. The minimum atomic E-state index is -0.343. The highest BCUT2D eigenvalue weighted by Gasteiger charge is 2.24. The number of nitrogens with zero attached hydrogens (tertiary/aromatic N) is 1. The highest BCUT2D eigenvalue weighted by molar-refractivity contribution is 5.90. The molecule has 6 nitrogen and oxygen atoms in total. The molecule has 2 atom stereocenters. The van der Waals surface area contributed by atoms with E-state index in [9.17, 15) is 14.0 Å². The van der Waals surface area contributed by atoms with Gasteiger partial charge in [-0.2, -0.15) is 0 Å². The number of hydrogen-bond donors (Lipinski definition) is 2. The molecule has 2 rings (SSSR count). The van der Waals surface area contributed by atoms with Crippen LogP contribution in [-0.4, -0.2) is 43.7 Å². The van der Waals surface area contributed by atoms with E-state index in [4.69, 9.17) is 4.74 Å². The lowest BCUT2D eigenvalue weighted by Gasteiger charge is -2.37. The van der Waals surface area contributed by atoms with Crippen molar-refractivity contribution in [2.75, 3.05) is 29.9 Å². The van der Waals surface area contributed by atoms with Crippen molar-refractivity contribution in [1.82, 2.24) is 5.32 Å². The number of amides is 2. The summed E-state index contributed by atoms with van der Waals surface area (Å²) in [5.74, 6) is -0.515. The number of ether oxygens (including phenoxy) is 1. The van der Waals surface area contributed by atoms with E-state index < -0.39 is 0 Å². The Morgan fingerprint density at radius 1 is 1.19 bits per heavy atom. The number of anilines is 2. The van der Waals surface area contributed by atoms with Crippen LogP contribution in [0, 0.1) is 5.82 Å². The van der Waals surface area contributed by atoms with Gasteiger partial charge in [-0.25, -0.2) is 4.39 Å². The topological polar surface area (TPSA) is 70.7 Å². The van der Waals surface area contributed by atoms with Gasteiger partial charge in [0.1, 0.15) is 5.82 Å². The molecule has 0 saturated carbocycles. The summed E-state index contributed by atoms with van der Waals surface area (Å²) in [5.41, 5.74) is 1.00. The van der Waals surface area contributed by atoms with E-state index in [-0.39, 0.29) is 29.8 Å². The van der Waals surface area contributed by atoms with Crippen molar-refractivity contribution < 1.29 is 18.7 Å². The normalized spacial score (nSPS) is 19.6. The first-order chi connectivity index (χ1) is 12.8. The maximum Gasteiger partial charge on any atom is 0.224 e. The second-order valence-corrected chi connectivity index (χ2v) is 7.17. The maximum atomic E-state index is 14.5. The van der Waals surface area contributed by atoms with Gasteiger partial charge in [-0.05, 0) is 44.9 Å². The molecule has 0 spiro atoms. The number of nitrogens with one attached hydrogen (secondary N) is 2. The summed E-state index contributed by atoms with van der Waals surface area (Å²) in [6.07, 6.45) is 2.91. The van der Waals surface area contributed by atoms with Crippen LogP contribution in [0.2, 0.25) is 0 Å². The largest absolute Gasteiger partial charge is 0.372 e. The Morgan fingerprint density at radius 3 is 2.52 bits per heavy atom. The van der Waals surface area contributed by atoms with Crippen LogP contribution in [0.1, 0.15) is 46.5 Å². The molecule has 1 aromatic rings. The zero-order valence-electron chi connectivity index (χ0n) is 16.4. The highest BCUT2D eigenvalue weighted by atomic mass is 19.1. The molecule has 0 unspecified atom stereocenters. The Labute approximate surface area is 160 Å². The van der Waals surface area contributed by atoms with Crippen LogP contribution in [0.5, 0.6) is 0 Å². The van der Waals surface area contributed by atoms with E-state index >= 15 is 0 Å². The van der Waals surface area contributed by atoms with Crippen molar-refractivity contribution in [3.05, 3.63) is 24.0 Å². The van der Waals surface area contributed by atoms with Crippen LogP contribution in [-0.2, 0) is 14.3 Å². The number of carbonyl (C=O) groups is 2. The average molecular weight is 379 g/mol. The number of hydrogen-bond acceptors (Lipinski definition) is 4. The van der Waals surface area contributed by atoms with Gasteiger partial charge in [-0.3, -0.25) is 9.59 Å². The average Bonchev–Trinajstić information content (AvgIpc) is 2.57. The van der Waals surface area contributed by atoms with Crippen LogP contribution in [0.3, 0.4) is 0 Å². The number of halogens is 1. The fraction of sp³-hybridized carbons (Fsp3) is 0.600. The van der Waals surface area contributed by atoms with E-state index in [1.165, 1.54) is 13.0 Å². The lowest BCUT2D eigenvalue weighted by molar-refractivity contribution is -0.119. The summed E-state index contributed by atoms with van der Waals surface area (Å²) < 4.78 is 20.2. The smallest absolute Gasteiger partial charge is 0.224 e. The molecule has 1 fully saturated rings. The van der Waals surface area contributed by atoms with Crippen molar-refractivity contribution >= 4 is 23.2 Å². The molecular weight excluding hydrogens is 349 g/mol. The molecule has 0 bridgehead atoms. The van der Waals surface area contributed by atoms with E-state index in [0.29, 0.717) is 37.4 Å². The zero-order chi connectivity index (χ0) is 19.8. The van der Waals surface area contributed by atoms with Gasteiger partial charge in [-0.15, -0.1) is 0 Å². The van der Waals surface area contributed by atoms with Crippen LogP contribution in [0.25, 0.3) is 0 Å². The first-order valence-electron chi connectivity index (χ1n) is 9.59. The van der Waals surface area contributed by atoms with Gasteiger partial charge < -0.3 is 20.3 Å². The van der Waals surface area contributed by atoms with Crippen LogP contribution >= 0.6 is 0 Å². The van der Waals surface area contributed by atoms with Gasteiger partial charge in [-0.1, -0.05) is 6.42 Å². The summed E-state index contributed by atoms with van der Waals surface area (Å²) >= 11 is 0. The molecule has 1 aromatic carbocycles. The van der Waals surface area contributed by atoms with Gasteiger partial charge in [0, 0.05) is 38.7 Å². The number of rotatable bonds is 8. The molecule has 0 aliphatic carbocycles. The quantitative estimate of drug-likeness (QED) is 0.681. The molecule has 7 heteroatoms. The van der Waals surface area contributed by atoms with Gasteiger partial charge >= 0.3 is 0 Å². The molecule has 0 aromatic heterocycles. The van der Waals surface area contributed by atoms with E-state index in [1.54, 1.807) is 12.1 Å². The molecule has 1 aliphatic heterocycles. The van der Waals surface area contributed by atoms with Crippen LogP contribution < -0.4 is 15.5 Å². The van der Waals surface area contributed by atoms with Crippen molar-refractivity contribution in [2.45, 2.75) is 58.7 Å². The van der Waals surface area contributed by atoms with Crippen molar-refractivity contribution in [2.24, 2.45) is 0 Å². The summed E-state index contributed by atoms with van der Waals surface area (Å²) in [7, 11) is 0. The van der Waals surface area contributed by atoms with Gasteiger partial charge in [0.05, 0.1) is 17.9 Å². The standard InChI is InChI=1S/C20H30FN3O3/c1-14-12-24(13-15(2)27-14)19-9-8-17(11-18(19)21)23-20(26)7-5-4-6-10-22-16(3)25/h8-9,11,14-15H,4-7,10,12-13H2,1-3H3,(H,22,25)(H,23,26)/t14-,15-/m1/s1. The lowest BCUT2D eigenvalue weighted by atomic mass is 10.1. The van der Waals surface area contributed by atoms with Gasteiger partial charge in [0.15, 0.2) is 0 Å². The van der Waals surface area contributed by atoms with Crippen molar-refractivity contribution in [1.29, 1.82) is 0 Å². The summed E-state index contributed by atoms with van der Waals surface area (Å²) in [6.45, 7) is 7.36. The SMILES string of the molecule is CC(=O)NCCCCCC(=O)Nc1ccc(N2C[C@@H](C)O[C@H](C)C2)c(F)c1. The maximum absolute atomic E-state index is 14.5. The summed E-state index contributed by atoms with van der Waals surface area (Å²) in [6, 6.07) is 4.82. The number of unbranched alkanes of at least 4 members (excludes halogenated alkanes) is 2. The Kier molecular flexibility index (Phi) is 8.03. The van der Waals surface area contributed by atoms with E-state index in [1.807, 2.05) is 18.7 Å². The van der Waals surface area contributed by atoms with E-state index in [0.717, 1.165) is 19.3 Å². The Morgan fingerprint density at radius 2 is 1.89 bits per heavy atom. The molecule has 0 radical (unpaired) electrons. The Bertz CT molecular complexity index is 643. The molecular formula is C20H30FN3O3. The summed E-state index contributed by atoms with van der Waals surface area (Å²) in [5, 5.41) is 5.47. The predicted octanol–water partition coefficient (Wildman–Crippen LogP) is 3.07. The molecule has 150 valence electrons. The van der Waals surface area contributed by atoms with Gasteiger partial charge in [0.2, 0.25) is 11.8 Å². The number of benzene rings is 1. The Hall–Kier alpha value is -2.15. The fourth-order valence-electron chi connectivity index (χ4n) is 3.29. The zero-order valence-corrected chi connectivity index (χ0v) is 16.4. The predicted molar refractivity (Wildman–Crippen MR) is 104 cm³/mol. The lowest BCUT2D eigenvalue weighted by Crippen LogP contribution is -2.45. The Balaban J connectivity index is 1.79. The monoisotopic (exact) mass is 379 g/mol. The first-order valence-corrected chi connectivity index (χ1v) is 9.59. The molecule has 27 heavy (non-hydrogen) atoms. The molecule has 1 aliphatic rings. The van der Waals surface area contributed by atoms with Crippen molar-refractivity contribution in [3.63, 3.8) is 0 Å². The van der Waals surface area contributed by atoms with E-state index in [2.05, 4.69) is 10.6 Å². The minimum absolute atomic E-state index is 0.0424. The third-order valence-electron chi connectivity index (χ3n) is 4.45. The van der Waals surface area contributed by atoms with Crippen LogP contribution in [0.15, 0.2) is 18.2 Å². The second kappa shape index (κ2) is 10.3. The molecule has 1 heterocycles. The van der Waals surface area contributed by atoms with Gasteiger partial charge in [0.25, 0.3) is 0 Å². The highest BCUT2D eigenvalue weighted by Crippen LogP contribution is 2.26. The molecule has 2 N–H and O–H groups in total. The third-order valence-corrected chi connectivity index (χ3v) is 4.45.